The molecule has 8 nitrogen and oxygen atoms in total. The van der Waals surface area contributed by atoms with Gasteiger partial charge in [-0.25, -0.2) is 14.8 Å². The van der Waals surface area contributed by atoms with Crippen molar-refractivity contribution < 1.29 is 32.5 Å². The molecule has 4 N–H and O–H groups in total. The summed E-state index contributed by atoms with van der Waals surface area (Å²) in [5, 5.41) is 12.5. The average Bonchev–Trinajstić information content (AvgIpc) is 3.14. The Hall–Kier alpha value is -2.92. The van der Waals surface area contributed by atoms with Crippen molar-refractivity contribution in [1.29, 1.82) is 0 Å². The Balaban J connectivity index is 2.01. The number of nitrogens with zero attached hydrogens (tertiary/aromatic N) is 2. The summed E-state index contributed by atoms with van der Waals surface area (Å²) < 4.78 is 50.1. The van der Waals surface area contributed by atoms with E-state index in [0.29, 0.717) is 0 Å². The van der Waals surface area contributed by atoms with Gasteiger partial charge in [0.1, 0.15) is 11.6 Å². The maximum atomic E-state index is 13.1. The number of alkyl halides is 3. The lowest BCUT2D eigenvalue weighted by atomic mass is 10.0. The first-order chi connectivity index (χ1) is 13.6. The van der Waals surface area contributed by atoms with Gasteiger partial charge in [0.05, 0.1) is 30.4 Å². The third kappa shape index (κ3) is 4.57. The van der Waals surface area contributed by atoms with Crippen LogP contribution in [-0.2, 0) is 15.7 Å². The highest BCUT2D eigenvalue weighted by Gasteiger charge is 2.33. The number of anilines is 2. The predicted octanol–water partition coefficient (Wildman–Crippen LogP) is 3.30. The van der Waals surface area contributed by atoms with E-state index < -0.39 is 30.0 Å². The smallest absolute Gasteiger partial charge is 0.416 e. The number of hydrogen-bond acceptors (Lipinski definition) is 7. The molecule has 0 spiro atoms. The van der Waals surface area contributed by atoms with Crippen LogP contribution in [0.5, 0.6) is 0 Å². The average molecular weight is 412 g/mol. The molecule has 1 aromatic heterocycles. The van der Waals surface area contributed by atoms with E-state index in [0.717, 1.165) is 12.1 Å². The second-order valence-corrected chi connectivity index (χ2v) is 6.51. The number of rotatable bonds is 5. The predicted molar refractivity (Wildman–Crippen MR) is 96.3 cm³/mol. The van der Waals surface area contributed by atoms with Crippen molar-refractivity contribution in [2.24, 2.45) is 0 Å². The fourth-order valence-corrected chi connectivity index (χ4v) is 2.98. The van der Waals surface area contributed by atoms with Crippen LogP contribution in [0.4, 0.5) is 24.7 Å². The van der Waals surface area contributed by atoms with E-state index in [1.165, 1.54) is 13.0 Å². The maximum absolute atomic E-state index is 13.1. The number of aromatic carboxylic acids is 1. The number of nitrogens with two attached hydrogens (primary N) is 1. The van der Waals surface area contributed by atoms with Gasteiger partial charge in [0.2, 0.25) is 0 Å². The molecule has 2 heterocycles. The zero-order valence-electron chi connectivity index (χ0n) is 15.6. The molecule has 1 saturated heterocycles. The molecule has 0 amide bonds. The van der Waals surface area contributed by atoms with Gasteiger partial charge < -0.3 is 25.6 Å². The highest BCUT2D eigenvalue weighted by Crippen LogP contribution is 2.35. The third-order valence-electron chi connectivity index (χ3n) is 4.28. The number of carbonyl (C=O) groups is 1. The lowest BCUT2D eigenvalue weighted by molar-refractivity contribution is -0.137. The van der Waals surface area contributed by atoms with E-state index in [-0.39, 0.29) is 47.4 Å². The lowest BCUT2D eigenvalue weighted by Gasteiger charge is -2.22. The number of hydrogen-bond donors (Lipinski definition) is 3. The van der Waals surface area contributed by atoms with Gasteiger partial charge in [0.15, 0.2) is 12.0 Å². The summed E-state index contributed by atoms with van der Waals surface area (Å²) >= 11 is 0. The Kier molecular flexibility index (Phi) is 5.62. The minimum atomic E-state index is -4.55. The number of nitrogens with one attached hydrogen (secondary N) is 1. The summed E-state index contributed by atoms with van der Waals surface area (Å²) in [5.41, 5.74) is 4.74. The number of halogens is 3. The molecular formula is C18H19F3N4O4. The quantitative estimate of drug-likeness (QED) is 0.640. The zero-order chi connectivity index (χ0) is 21.3. The van der Waals surface area contributed by atoms with Crippen LogP contribution in [0.25, 0.3) is 0 Å². The molecule has 29 heavy (non-hydrogen) atoms. The van der Waals surface area contributed by atoms with Crippen molar-refractivity contribution in [3.05, 3.63) is 46.4 Å². The van der Waals surface area contributed by atoms with Crippen molar-refractivity contribution >= 4 is 17.5 Å². The summed E-state index contributed by atoms with van der Waals surface area (Å²) in [6.07, 6.45) is -5.55. The topological polar surface area (TPSA) is 120 Å². The largest absolute Gasteiger partial charge is 0.476 e. The van der Waals surface area contributed by atoms with Crippen molar-refractivity contribution in [2.45, 2.75) is 32.4 Å². The summed E-state index contributed by atoms with van der Waals surface area (Å²) in [6, 6.07) is 2.54. The molecule has 1 unspecified atom stereocenters. The van der Waals surface area contributed by atoms with Crippen LogP contribution in [0.1, 0.15) is 52.3 Å². The lowest BCUT2D eigenvalue weighted by Crippen LogP contribution is -2.19. The number of aryl methyl sites for hydroxylation is 1. The fraction of sp³-hybridized carbons (Fsp3) is 0.389. The molecule has 1 atom stereocenters. The van der Waals surface area contributed by atoms with Crippen LogP contribution in [0.15, 0.2) is 18.2 Å². The van der Waals surface area contributed by atoms with Crippen molar-refractivity contribution in [3.8, 4) is 0 Å². The number of carboxylic acids is 1. The van der Waals surface area contributed by atoms with Crippen LogP contribution >= 0.6 is 0 Å². The molecule has 0 aliphatic carbocycles. The molecular weight excluding hydrogens is 393 g/mol. The normalized spacial score (nSPS) is 16.0. The van der Waals surface area contributed by atoms with Gasteiger partial charge in [0.25, 0.3) is 0 Å². The van der Waals surface area contributed by atoms with Crippen LogP contribution < -0.4 is 11.1 Å². The van der Waals surface area contributed by atoms with Gasteiger partial charge in [-0.15, -0.1) is 0 Å². The SMILES string of the molecule is Cc1nc(NC(C)c2cc(N)cc(C(F)(F)F)c2)c(C2OCCO2)c(C(=O)O)n1. The van der Waals surface area contributed by atoms with Crippen LogP contribution in [0.2, 0.25) is 0 Å². The summed E-state index contributed by atoms with van der Waals surface area (Å²) in [4.78, 5) is 19.8. The molecule has 0 bridgehead atoms. The Morgan fingerprint density at radius 1 is 1.28 bits per heavy atom. The van der Waals surface area contributed by atoms with Gasteiger partial charge in [-0.1, -0.05) is 0 Å². The minimum Gasteiger partial charge on any atom is -0.476 e. The Morgan fingerprint density at radius 3 is 2.52 bits per heavy atom. The van der Waals surface area contributed by atoms with Gasteiger partial charge in [0, 0.05) is 5.69 Å². The van der Waals surface area contributed by atoms with Crippen LogP contribution in [0, 0.1) is 6.92 Å². The van der Waals surface area contributed by atoms with Gasteiger partial charge >= 0.3 is 12.1 Å². The van der Waals surface area contributed by atoms with E-state index in [9.17, 15) is 23.1 Å². The van der Waals surface area contributed by atoms with Crippen molar-refractivity contribution in [2.75, 3.05) is 24.3 Å². The monoisotopic (exact) mass is 412 g/mol. The minimum absolute atomic E-state index is 0.0451. The molecule has 1 aromatic carbocycles. The van der Waals surface area contributed by atoms with E-state index in [2.05, 4.69) is 15.3 Å². The maximum Gasteiger partial charge on any atom is 0.416 e. The second kappa shape index (κ2) is 7.84. The number of nitrogen functional groups attached to an aromatic ring is 1. The molecule has 1 aliphatic rings. The highest BCUT2D eigenvalue weighted by atomic mass is 19.4. The molecule has 2 aromatic rings. The van der Waals surface area contributed by atoms with Gasteiger partial charge in [-0.3, -0.25) is 0 Å². The number of ether oxygens (including phenoxy) is 2. The first kappa shape index (κ1) is 20.8. The summed E-state index contributed by atoms with van der Waals surface area (Å²) in [6.45, 7) is 3.63. The van der Waals surface area contributed by atoms with Crippen molar-refractivity contribution in [3.63, 3.8) is 0 Å². The standard InChI is InChI=1S/C18H19F3N4O4/c1-8(10-5-11(18(19,20)21)7-12(22)6-10)23-15-13(17-28-3-4-29-17)14(16(26)27)24-9(2)25-15/h5-8,17H,3-4,22H2,1-2H3,(H,26,27)(H,23,24,25). The van der Waals surface area contributed by atoms with Crippen LogP contribution in [0.3, 0.4) is 0 Å². The molecule has 0 saturated carbocycles. The fourth-order valence-electron chi connectivity index (χ4n) is 2.98. The highest BCUT2D eigenvalue weighted by molar-refractivity contribution is 5.88. The first-order valence-electron chi connectivity index (χ1n) is 8.65. The number of aromatic nitrogens is 2. The molecule has 1 fully saturated rings. The second-order valence-electron chi connectivity index (χ2n) is 6.51. The van der Waals surface area contributed by atoms with Gasteiger partial charge in [-0.05, 0) is 37.6 Å². The zero-order valence-corrected chi connectivity index (χ0v) is 15.6. The first-order valence-corrected chi connectivity index (χ1v) is 8.65. The molecule has 1 aliphatic heterocycles. The Morgan fingerprint density at radius 2 is 1.93 bits per heavy atom. The van der Waals surface area contributed by atoms with Crippen molar-refractivity contribution in [1.82, 2.24) is 9.97 Å². The summed E-state index contributed by atoms with van der Waals surface area (Å²) in [7, 11) is 0. The molecule has 156 valence electrons. The third-order valence-corrected chi connectivity index (χ3v) is 4.28. The Labute approximate surface area is 163 Å². The molecule has 11 heteroatoms. The van der Waals surface area contributed by atoms with E-state index in [4.69, 9.17) is 15.2 Å². The van der Waals surface area contributed by atoms with Gasteiger partial charge in [-0.2, -0.15) is 13.2 Å². The molecule has 0 radical (unpaired) electrons. The molecule has 3 rings (SSSR count). The van der Waals surface area contributed by atoms with Crippen LogP contribution in [-0.4, -0.2) is 34.3 Å². The van der Waals surface area contributed by atoms with E-state index >= 15 is 0 Å². The van der Waals surface area contributed by atoms with E-state index in [1.807, 2.05) is 0 Å². The number of benzene rings is 1. The number of carboxylic acid groups (broad SMARTS) is 1. The Bertz CT molecular complexity index is 930. The van der Waals surface area contributed by atoms with E-state index in [1.54, 1.807) is 6.92 Å². The summed E-state index contributed by atoms with van der Waals surface area (Å²) in [5.74, 6) is -1.03.